The number of carbonyl (C=O) groups is 5. The van der Waals surface area contributed by atoms with Crippen molar-refractivity contribution in [1.29, 1.82) is 10.5 Å². The molecule has 4 N–H and O–H groups in total. The molecule has 0 aromatic heterocycles. The topological polar surface area (TPSA) is 218 Å². The molecule has 12 heteroatoms. The number of esters is 2. The molecule has 12 rings (SSSR count). The second-order valence-corrected chi connectivity index (χ2v) is 22.9. The molecule has 11 fully saturated rings. The summed E-state index contributed by atoms with van der Waals surface area (Å²) in [5.41, 5.74) is 3.28. The summed E-state index contributed by atoms with van der Waals surface area (Å²) in [4.78, 5) is 63.5. The Balaban J connectivity index is 0.000000136. The van der Waals surface area contributed by atoms with Crippen LogP contribution < -0.4 is 5.73 Å². The molecule has 12 unspecified atom stereocenters. The average molecular weight is 822 g/mol. The second kappa shape index (κ2) is 11.7. The van der Waals surface area contributed by atoms with Crippen LogP contribution in [0.25, 0.3) is 0 Å². The zero-order valence-electron chi connectivity index (χ0n) is 35.4. The number of nitrogens with zero attached hydrogens (tertiary/aromatic N) is 2. The molecule has 0 radical (unpaired) electrons. The molecule has 320 valence electrons. The van der Waals surface area contributed by atoms with Crippen LogP contribution in [-0.2, 0) is 33.4 Å². The molecule has 0 amide bonds. The third-order valence-corrected chi connectivity index (χ3v) is 21.8. The fourth-order valence-electron chi connectivity index (χ4n) is 19.3. The molecule has 0 aromatic rings. The Morgan fingerprint density at radius 1 is 0.633 bits per heavy atom. The number of aliphatic hydroxyl groups excluding tert-OH is 2. The molecule has 9 saturated carbocycles. The highest BCUT2D eigenvalue weighted by atomic mass is 16.6. The summed E-state index contributed by atoms with van der Waals surface area (Å²) < 4.78 is 11.9. The minimum absolute atomic E-state index is 0.0255. The number of carbonyl (C=O) groups excluding carboxylic acids is 5. The predicted octanol–water partition coefficient (Wildman–Crippen LogP) is 5.17. The summed E-state index contributed by atoms with van der Waals surface area (Å²) in [6.07, 6.45) is 8.53. The Morgan fingerprint density at radius 3 is 1.68 bits per heavy atom. The first kappa shape index (κ1) is 39.3. The molecule has 60 heavy (non-hydrogen) atoms. The quantitative estimate of drug-likeness (QED) is 0.213. The largest absolute Gasteiger partial charge is 0.458 e. The number of allylic oxidation sites excluding steroid dienone is 2. The summed E-state index contributed by atoms with van der Waals surface area (Å²) in [5, 5.41) is 43.9. The Morgan fingerprint density at radius 2 is 1.17 bits per heavy atom. The highest BCUT2D eigenvalue weighted by molar-refractivity contribution is 6.08. The first-order chi connectivity index (χ1) is 28.3. The van der Waals surface area contributed by atoms with Gasteiger partial charge in [-0.1, -0.05) is 27.7 Å². The lowest BCUT2D eigenvalue weighted by molar-refractivity contribution is -0.213. The number of Topliss-reactive ketones (excluding diaryl/α,β-unsaturated/α-hetero) is 3. The van der Waals surface area contributed by atoms with Gasteiger partial charge in [0, 0.05) is 59.6 Å². The van der Waals surface area contributed by atoms with Gasteiger partial charge >= 0.3 is 11.9 Å². The van der Waals surface area contributed by atoms with Crippen LogP contribution in [0.2, 0.25) is 0 Å². The summed E-state index contributed by atoms with van der Waals surface area (Å²) in [7, 11) is 0. The van der Waals surface area contributed by atoms with Gasteiger partial charge in [-0.25, -0.2) is 0 Å². The van der Waals surface area contributed by atoms with Crippen molar-refractivity contribution in [2.45, 2.75) is 154 Å². The number of fused-ring (bicyclic) bond motifs is 14. The van der Waals surface area contributed by atoms with Crippen LogP contribution >= 0.6 is 0 Å². The monoisotopic (exact) mass is 821 g/mol. The van der Waals surface area contributed by atoms with Crippen molar-refractivity contribution in [2.24, 2.45) is 91.5 Å². The zero-order valence-corrected chi connectivity index (χ0v) is 35.4. The van der Waals surface area contributed by atoms with E-state index in [9.17, 15) is 44.7 Å². The second-order valence-electron chi connectivity index (χ2n) is 22.9. The lowest BCUT2D eigenvalue weighted by Gasteiger charge is -2.64. The maximum atomic E-state index is 13.6. The van der Waals surface area contributed by atoms with Gasteiger partial charge in [0.2, 0.25) is 0 Å². The fourth-order valence-corrected chi connectivity index (χ4v) is 19.3. The van der Waals surface area contributed by atoms with Gasteiger partial charge in [0.05, 0.1) is 41.1 Å². The number of ketones is 3. The average Bonchev–Trinajstić information content (AvgIpc) is 4.03. The molecular weight excluding hydrogens is 763 g/mol. The van der Waals surface area contributed by atoms with Gasteiger partial charge in [-0.2, -0.15) is 10.5 Å². The minimum Gasteiger partial charge on any atom is -0.458 e. The molecule has 2 saturated heterocycles. The van der Waals surface area contributed by atoms with Gasteiger partial charge in [-0.05, 0) is 123 Å². The Bertz CT molecular complexity index is 2210. The van der Waals surface area contributed by atoms with E-state index in [4.69, 9.17) is 15.2 Å². The number of hydrogen-bond donors (Lipinski definition) is 3. The van der Waals surface area contributed by atoms with E-state index in [2.05, 4.69) is 39.8 Å². The smallest absolute Gasteiger partial charge is 0.306 e. The third-order valence-electron chi connectivity index (χ3n) is 21.8. The van der Waals surface area contributed by atoms with E-state index >= 15 is 0 Å². The Hall–Kier alpha value is -3.61. The standard InChI is InChI=1S/C24H30N2O4.C24H29NO5/c1-21-6-4-14(27)19-20(26)12(9-23(19,21)11-25)17-13-3-7-24(8-5-16(29)30-24)22(13,2)10-15(28)18(17)21;1-21-6-4-14(26)19-20(29)12(9-23(19,21)11-25)17-13-3-7-24(8-5-16(28)30-24)22(13,2)10-15(27)18(17)21/h12-13,15,17-18,28H,3-10,26H2,1-2H3;12-13,15,17-19,27H,3-10H2,1-2H3/t12?,13?,15-,17?,18?,21?,22?,23+,24-;12?,13?,15-,17?,18?,19+,21?,22?,23+,24-/m11/s1. The minimum atomic E-state index is -0.976. The molecular formula is C48H59N3O9. The van der Waals surface area contributed by atoms with Gasteiger partial charge in [-0.3, -0.25) is 24.0 Å². The summed E-state index contributed by atoms with van der Waals surface area (Å²) in [5.74, 6) is -1.35. The number of ether oxygens (including phenoxy) is 2. The summed E-state index contributed by atoms with van der Waals surface area (Å²) in [6.45, 7) is 8.54. The van der Waals surface area contributed by atoms with Crippen LogP contribution in [0.5, 0.6) is 0 Å². The first-order valence-corrected chi connectivity index (χ1v) is 23.0. The molecule has 0 aromatic carbocycles. The highest BCUT2D eigenvalue weighted by Crippen LogP contribution is 2.79. The van der Waals surface area contributed by atoms with Crippen LogP contribution in [0, 0.1) is 108 Å². The van der Waals surface area contributed by atoms with E-state index in [1.807, 2.05) is 0 Å². The van der Waals surface area contributed by atoms with Crippen LogP contribution in [0.4, 0.5) is 0 Å². The van der Waals surface area contributed by atoms with Gasteiger partial charge in [0.25, 0.3) is 0 Å². The molecule has 2 spiro atoms. The van der Waals surface area contributed by atoms with Crippen molar-refractivity contribution >= 4 is 29.3 Å². The normalized spacial score (nSPS) is 57.2. The summed E-state index contributed by atoms with van der Waals surface area (Å²) in [6, 6.07) is 5.02. The van der Waals surface area contributed by atoms with Crippen molar-refractivity contribution in [3.05, 3.63) is 11.3 Å². The van der Waals surface area contributed by atoms with E-state index in [0.29, 0.717) is 81.9 Å². The van der Waals surface area contributed by atoms with Crippen LogP contribution in [0.3, 0.4) is 0 Å². The maximum absolute atomic E-state index is 13.6. The molecule has 2 heterocycles. The van der Waals surface area contributed by atoms with Crippen molar-refractivity contribution in [3.8, 4) is 12.1 Å². The summed E-state index contributed by atoms with van der Waals surface area (Å²) >= 11 is 0. The van der Waals surface area contributed by atoms with Crippen LogP contribution in [0.1, 0.15) is 130 Å². The molecule has 19 atom stereocenters. The number of nitriles is 2. The number of aliphatic hydroxyl groups is 2. The Labute approximate surface area is 351 Å². The van der Waals surface area contributed by atoms with E-state index in [1.165, 1.54) is 0 Å². The molecule has 10 aliphatic carbocycles. The van der Waals surface area contributed by atoms with Crippen LogP contribution in [0.15, 0.2) is 11.3 Å². The van der Waals surface area contributed by atoms with Gasteiger partial charge in [-0.15, -0.1) is 0 Å². The number of rotatable bonds is 0. The van der Waals surface area contributed by atoms with Crippen molar-refractivity contribution < 1.29 is 43.7 Å². The maximum Gasteiger partial charge on any atom is 0.306 e. The fraction of sp³-hybridized carbons (Fsp3) is 0.812. The zero-order chi connectivity index (χ0) is 42.5. The van der Waals surface area contributed by atoms with E-state index < -0.39 is 51.0 Å². The molecule has 12 nitrogen and oxygen atoms in total. The number of nitrogens with two attached hydrogens (primary N) is 1. The lowest BCUT2D eigenvalue weighted by atomic mass is 9.39. The van der Waals surface area contributed by atoms with Gasteiger partial charge < -0.3 is 25.4 Å². The van der Waals surface area contributed by atoms with Gasteiger partial charge in [0.15, 0.2) is 5.78 Å². The SMILES string of the molecule is CC12C[C@@H](O)C3C(C4C[C@]5(C#N)C(=C4N)C(=O)CCC35C)C1CC[C@@]21CCC(=O)O1.CC12C[C@@H](O)C3C(C4C[C@]5(C#N)[C@@H](C(=O)CCC35C)C4=O)C1CC[C@@]21CCC(=O)O1. The molecule has 12 aliphatic rings. The lowest BCUT2D eigenvalue weighted by Crippen LogP contribution is -2.65. The molecule has 2 aliphatic heterocycles. The predicted molar refractivity (Wildman–Crippen MR) is 210 cm³/mol. The van der Waals surface area contributed by atoms with Crippen molar-refractivity contribution in [3.63, 3.8) is 0 Å². The van der Waals surface area contributed by atoms with E-state index in [1.54, 1.807) is 0 Å². The third kappa shape index (κ3) is 4.02. The van der Waals surface area contributed by atoms with Crippen molar-refractivity contribution in [2.75, 3.05) is 0 Å². The first-order valence-electron chi connectivity index (χ1n) is 23.0. The van der Waals surface area contributed by atoms with E-state index in [0.717, 1.165) is 32.1 Å². The number of hydrogen-bond acceptors (Lipinski definition) is 12. The Kier molecular flexibility index (Phi) is 7.65. The van der Waals surface area contributed by atoms with Crippen LogP contribution in [-0.4, -0.2) is 62.9 Å². The highest BCUT2D eigenvalue weighted by Gasteiger charge is 2.80. The van der Waals surface area contributed by atoms with Crippen molar-refractivity contribution in [1.82, 2.24) is 0 Å². The van der Waals surface area contributed by atoms with E-state index in [-0.39, 0.29) is 87.5 Å². The molecule has 4 bridgehead atoms. The van der Waals surface area contributed by atoms with Gasteiger partial charge in [0.1, 0.15) is 22.8 Å².